The maximum absolute atomic E-state index is 12.3. The summed E-state index contributed by atoms with van der Waals surface area (Å²) in [7, 11) is 0. The lowest BCUT2D eigenvalue weighted by molar-refractivity contribution is 0.102. The number of phenolic OH excluding ortho intramolecular Hbond substituents is 1. The molecule has 0 fully saturated rings. The van der Waals surface area contributed by atoms with Gasteiger partial charge in [-0.25, -0.2) is 4.79 Å². The van der Waals surface area contributed by atoms with Crippen LogP contribution >= 0.6 is 23.2 Å². The van der Waals surface area contributed by atoms with Crippen molar-refractivity contribution in [3.8, 4) is 5.75 Å². The molecule has 0 saturated heterocycles. The van der Waals surface area contributed by atoms with E-state index in [4.69, 9.17) is 27.9 Å². The summed E-state index contributed by atoms with van der Waals surface area (Å²) in [5.74, 6) is -0.780. The van der Waals surface area contributed by atoms with Gasteiger partial charge in [-0.1, -0.05) is 53.5 Å². The maximum atomic E-state index is 12.3. The standard InChI is InChI=1S/C21H16Cl2N2O4/c22-14-6-9-19(26)16(10-14)20(27)25-18-8-7-15(11-17(18)23)24-21(28)29-12-13-4-2-1-3-5-13/h1-11,26H,12H2,(H,24,28)(H,25,27). The van der Waals surface area contributed by atoms with Gasteiger partial charge in [0.25, 0.3) is 5.91 Å². The number of nitrogens with one attached hydrogen (secondary N) is 2. The first-order valence-electron chi connectivity index (χ1n) is 8.49. The number of amides is 2. The summed E-state index contributed by atoms with van der Waals surface area (Å²) in [6.45, 7) is 0.137. The third kappa shape index (κ3) is 5.63. The number of hydrogen-bond acceptors (Lipinski definition) is 4. The lowest BCUT2D eigenvalue weighted by Crippen LogP contribution is -2.14. The van der Waals surface area contributed by atoms with Crippen molar-refractivity contribution in [2.24, 2.45) is 0 Å². The van der Waals surface area contributed by atoms with Gasteiger partial charge in [0.15, 0.2) is 0 Å². The van der Waals surface area contributed by atoms with Crippen LogP contribution in [0.15, 0.2) is 66.7 Å². The number of rotatable bonds is 5. The van der Waals surface area contributed by atoms with Gasteiger partial charge in [-0.15, -0.1) is 0 Å². The fourth-order valence-corrected chi connectivity index (χ4v) is 2.85. The number of hydrogen-bond donors (Lipinski definition) is 3. The van der Waals surface area contributed by atoms with Crippen molar-refractivity contribution < 1.29 is 19.4 Å². The van der Waals surface area contributed by atoms with Crippen LogP contribution in [0, 0.1) is 0 Å². The number of carbonyl (C=O) groups is 2. The number of phenols is 1. The molecule has 0 aromatic heterocycles. The molecule has 0 heterocycles. The Morgan fingerprint density at radius 2 is 1.69 bits per heavy atom. The van der Waals surface area contributed by atoms with E-state index in [-0.39, 0.29) is 22.9 Å². The fraction of sp³-hybridized carbons (Fsp3) is 0.0476. The highest BCUT2D eigenvalue weighted by atomic mass is 35.5. The number of halogens is 2. The fourth-order valence-electron chi connectivity index (χ4n) is 2.45. The smallest absolute Gasteiger partial charge is 0.411 e. The van der Waals surface area contributed by atoms with Gasteiger partial charge in [-0.2, -0.15) is 0 Å². The molecule has 0 saturated carbocycles. The van der Waals surface area contributed by atoms with E-state index < -0.39 is 12.0 Å². The quantitative estimate of drug-likeness (QED) is 0.484. The molecule has 0 aliphatic rings. The van der Waals surface area contributed by atoms with Gasteiger partial charge in [0.05, 0.1) is 16.3 Å². The number of aromatic hydroxyl groups is 1. The van der Waals surface area contributed by atoms with E-state index in [0.29, 0.717) is 16.4 Å². The van der Waals surface area contributed by atoms with E-state index in [1.54, 1.807) is 6.07 Å². The zero-order valence-corrected chi connectivity index (χ0v) is 16.5. The number of ether oxygens (including phenoxy) is 1. The van der Waals surface area contributed by atoms with E-state index in [0.717, 1.165) is 5.56 Å². The lowest BCUT2D eigenvalue weighted by Gasteiger charge is -2.11. The summed E-state index contributed by atoms with van der Waals surface area (Å²) in [5, 5.41) is 15.5. The SMILES string of the molecule is O=C(Nc1ccc(NC(=O)c2cc(Cl)ccc2O)c(Cl)c1)OCc1ccccc1. The lowest BCUT2D eigenvalue weighted by atomic mass is 10.2. The first kappa shape index (κ1) is 20.5. The predicted octanol–water partition coefficient (Wildman–Crippen LogP) is 5.70. The molecule has 148 valence electrons. The van der Waals surface area contributed by atoms with Gasteiger partial charge >= 0.3 is 6.09 Å². The number of anilines is 2. The Balaban J connectivity index is 1.61. The van der Waals surface area contributed by atoms with Crippen molar-refractivity contribution in [3.63, 3.8) is 0 Å². The molecule has 8 heteroatoms. The monoisotopic (exact) mass is 430 g/mol. The van der Waals surface area contributed by atoms with Crippen LogP contribution in [0.5, 0.6) is 5.75 Å². The van der Waals surface area contributed by atoms with Crippen molar-refractivity contribution >= 4 is 46.6 Å². The maximum Gasteiger partial charge on any atom is 0.411 e. The Hall–Kier alpha value is -3.22. The van der Waals surface area contributed by atoms with Crippen LogP contribution in [-0.4, -0.2) is 17.1 Å². The molecule has 0 spiro atoms. The largest absolute Gasteiger partial charge is 0.507 e. The van der Waals surface area contributed by atoms with Crippen LogP contribution in [0.2, 0.25) is 10.0 Å². The third-order valence-corrected chi connectivity index (χ3v) is 4.43. The molecule has 3 rings (SSSR count). The molecule has 0 aliphatic heterocycles. The Bertz CT molecular complexity index is 1040. The van der Waals surface area contributed by atoms with Crippen LogP contribution in [0.3, 0.4) is 0 Å². The van der Waals surface area contributed by atoms with Gasteiger partial charge in [0.1, 0.15) is 12.4 Å². The molecule has 0 bridgehead atoms. The number of benzene rings is 3. The minimum absolute atomic E-state index is 0.0141. The van der Waals surface area contributed by atoms with Crippen molar-refractivity contribution in [1.29, 1.82) is 0 Å². The highest BCUT2D eigenvalue weighted by Gasteiger charge is 2.14. The van der Waals surface area contributed by atoms with Gasteiger partial charge in [0, 0.05) is 10.7 Å². The van der Waals surface area contributed by atoms with Crippen LogP contribution < -0.4 is 10.6 Å². The summed E-state index contributed by atoms with van der Waals surface area (Å²) in [5.41, 5.74) is 1.58. The summed E-state index contributed by atoms with van der Waals surface area (Å²) < 4.78 is 5.15. The van der Waals surface area contributed by atoms with Crippen molar-refractivity contribution in [2.75, 3.05) is 10.6 Å². The summed E-state index contributed by atoms with van der Waals surface area (Å²) in [4.78, 5) is 24.3. The second-order valence-electron chi connectivity index (χ2n) is 6.00. The van der Waals surface area contributed by atoms with Gasteiger partial charge in [0.2, 0.25) is 0 Å². The third-order valence-electron chi connectivity index (χ3n) is 3.88. The Labute approximate surface area is 177 Å². The van der Waals surface area contributed by atoms with E-state index in [1.807, 2.05) is 30.3 Å². The van der Waals surface area contributed by atoms with Crippen molar-refractivity contribution in [2.45, 2.75) is 6.61 Å². The van der Waals surface area contributed by atoms with E-state index in [1.165, 1.54) is 30.3 Å². The molecule has 0 radical (unpaired) electrons. The average molecular weight is 431 g/mol. The molecule has 2 amide bonds. The highest BCUT2D eigenvalue weighted by molar-refractivity contribution is 6.34. The molecule has 0 aliphatic carbocycles. The molecular formula is C21H16Cl2N2O4. The first-order valence-corrected chi connectivity index (χ1v) is 9.25. The zero-order chi connectivity index (χ0) is 20.8. The Kier molecular flexibility index (Phi) is 6.59. The summed E-state index contributed by atoms with van der Waals surface area (Å²) in [6.07, 6.45) is -0.634. The van der Waals surface area contributed by atoms with E-state index in [2.05, 4.69) is 10.6 Å². The minimum Gasteiger partial charge on any atom is -0.507 e. The van der Waals surface area contributed by atoms with Crippen molar-refractivity contribution in [3.05, 3.63) is 87.9 Å². The molecule has 3 aromatic carbocycles. The zero-order valence-electron chi connectivity index (χ0n) is 15.0. The van der Waals surface area contributed by atoms with Gasteiger partial charge in [-0.05, 0) is 42.0 Å². The highest BCUT2D eigenvalue weighted by Crippen LogP contribution is 2.28. The molecular weight excluding hydrogens is 415 g/mol. The second kappa shape index (κ2) is 9.32. The van der Waals surface area contributed by atoms with Crippen LogP contribution in [0.1, 0.15) is 15.9 Å². The van der Waals surface area contributed by atoms with E-state index in [9.17, 15) is 14.7 Å². The van der Waals surface area contributed by atoms with Crippen molar-refractivity contribution in [1.82, 2.24) is 0 Å². The Morgan fingerprint density at radius 3 is 2.41 bits per heavy atom. The topological polar surface area (TPSA) is 87.7 Å². The van der Waals surface area contributed by atoms with Gasteiger partial charge in [-0.3, -0.25) is 10.1 Å². The summed E-state index contributed by atoms with van der Waals surface area (Å²) in [6, 6.07) is 18.0. The first-order chi connectivity index (χ1) is 13.9. The predicted molar refractivity (Wildman–Crippen MR) is 113 cm³/mol. The second-order valence-corrected chi connectivity index (χ2v) is 6.84. The van der Waals surface area contributed by atoms with Crippen LogP contribution in [0.25, 0.3) is 0 Å². The molecule has 0 unspecified atom stereocenters. The average Bonchev–Trinajstić information content (AvgIpc) is 2.71. The number of carbonyl (C=O) groups excluding carboxylic acids is 2. The van der Waals surface area contributed by atoms with Gasteiger partial charge < -0.3 is 15.2 Å². The van der Waals surface area contributed by atoms with Crippen LogP contribution in [-0.2, 0) is 11.3 Å². The van der Waals surface area contributed by atoms with Crippen LogP contribution in [0.4, 0.5) is 16.2 Å². The molecule has 6 nitrogen and oxygen atoms in total. The van der Waals surface area contributed by atoms with E-state index >= 15 is 0 Å². The normalized spacial score (nSPS) is 10.3. The molecule has 3 aromatic rings. The minimum atomic E-state index is -0.634. The molecule has 3 N–H and O–H groups in total. The Morgan fingerprint density at radius 1 is 0.931 bits per heavy atom. The summed E-state index contributed by atoms with van der Waals surface area (Å²) >= 11 is 12.1. The molecule has 29 heavy (non-hydrogen) atoms. The molecule has 0 atom stereocenters.